The number of ether oxygens (including phenoxy) is 1. The van der Waals surface area contributed by atoms with Crippen molar-refractivity contribution in [3.8, 4) is 5.75 Å². The summed E-state index contributed by atoms with van der Waals surface area (Å²) in [5.41, 5.74) is 0.141. The summed E-state index contributed by atoms with van der Waals surface area (Å²) in [7, 11) is 3.19. The Morgan fingerprint density at radius 2 is 1.97 bits per heavy atom. The third-order valence-corrected chi connectivity index (χ3v) is 5.27. The van der Waals surface area contributed by atoms with Crippen molar-refractivity contribution >= 4 is 17.6 Å². The van der Waals surface area contributed by atoms with Gasteiger partial charge in [-0.15, -0.1) is 0 Å². The van der Waals surface area contributed by atoms with Crippen LogP contribution in [0.5, 0.6) is 5.75 Å². The maximum Gasteiger partial charge on any atom is 0.321 e. The van der Waals surface area contributed by atoms with E-state index in [-0.39, 0.29) is 24.5 Å². The molecule has 1 aliphatic rings. The van der Waals surface area contributed by atoms with Crippen molar-refractivity contribution in [1.29, 1.82) is 0 Å². The third kappa shape index (κ3) is 8.59. The van der Waals surface area contributed by atoms with Crippen LogP contribution in [0.4, 0.5) is 14.9 Å². The van der Waals surface area contributed by atoms with Crippen LogP contribution in [0.2, 0.25) is 0 Å². The number of rotatable bonds is 7. The standard InChI is InChI=1S/C24H36FN3O3.H2/c1-24(2,3)13-10-22(29)28-14-11-18(12-15-28)7-6-16-31-19-8-9-21(20(25)17-19)26-23(30)27(4)5;/h8-10,13,17-18H,6-7,11-12,14-16H2,1-5H3,(H,26,30);1H/b13-10+;. The summed E-state index contributed by atoms with van der Waals surface area (Å²) in [6.45, 7) is 8.34. The van der Waals surface area contributed by atoms with E-state index in [4.69, 9.17) is 4.74 Å². The topological polar surface area (TPSA) is 61.9 Å². The Kier molecular flexibility index (Phi) is 8.89. The van der Waals surface area contributed by atoms with Crippen molar-refractivity contribution in [2.45, 2.75) is 46.5 Å². The number of halogens is 1. The first kappa shape index (κ1) is 24.7. The molecule has 0 bridgehead atoms. The molecule has 1 aromatic rings. The molecule has 1 N–H and O–H groups in total. The van der Waals surface area contributed by atoms with Crippen LogP contribution in [-0.2, 0) is 4.79 Å². The van der Waals surface area contributed by atoms with Gasteiger partial charge in [0.15, 0.2) is 0 Å². The predicted molar refractivity (Wildman–Crippen MR) is 124 cm³/mol. The van der Waals surface area contributed by atoms with Crippen LogP contribution < -0.4 is 10.1 Å². The summed E-state index contributed by atoms with van der Waals surface area (Å²) < 4.78 is 19.8. The predicted octanol–water partition coefficient (Wildman–Crippen LogP) is 5.17. The molecular formula is C24H38FN3O3. The summed E-state index contributed by atoms with van der Waals surface area (Å²) >= 11 is 0. The van der Waals surface area contributed by atoms with Crippen molar-refractivity contribution in [3.05, 3.63) is 36.2 Å². The van der Waals surface area contributed by atoms with Crippen LogP contribution in [0.1, 0.15) is 47.9 Å². The number of nitrogens with zero attached hydrogens (tertiary/aromatic N) is 2. The Labute approximate surface area is 186 Å². The zero-order valence-electron chi connectivity index (χ0n) is 19.4. The van der Waals surface area contributed by atoms with Crippen LogP contribution in [0.25, 0.3) is 0 Å². The number of piperidine rings is 1. The van der Waals surface area contributed by atoms with Crippen LogP contribution >= 0.6 is 0 Å². The molecule has 6 nitrogen and oxygen atoms in total. The minimum Gasteiger partial charge on any atom is -0.493 e. The third-order valence-electron chi connectivity index (χ3n) is 5.27. The van der Waals surface area contributed by atoms with Gasteiger partial charge < -0.3 is 19.9 Å². The van der Waals surface area contributed by atoms with Gasteiger partial charge in [0, 0.05) is 34.7 Å². The Morgan fingerprint density at radius 1 is 1.29 bits per heavy atom. The van der Waals surface area contributed by atoms with Gasteiger partial charge in [-0.1, -0.05) is 26.8 Å². The van der Waals surface area contributed by atoms with E-state index in [9.17, 15) is 14.0 Å². The highest BCUT2D eigenvalue weighted by atomic mass is 19.1. The lowest BCUT2D eigenvalue weighted by molar-refractivity contribution is -0.127. The number of carbonyl (C=O) groups excluding carboxylic acids is 2. The highest BCUT2D eigenvalue weighted by molar-refractivity contribution is 5.89. The normalized spacial score (nSPS) is 15.2. The SMILES string of the molecule is CN(C)C(=O)Nc1ccc(OCCCC2CCN(C(=O)/C=C/C(C)(C)C)CC2)cc1F.[HH]. The van der Waals surface area contributed by atoms with Crippen molar-refractivity contribution < 1.29 is 20.1 Å². The molecule has 0 spiro atoms. The Balaban J connectivity index is 0.00000512. The van der Waals surface area contributed by atoms with E-state index in [2.05, 4.69) is 26.1 Å². The molecule has 3 amide bonds. The van der Waals surface area contributed by atoms with E-state index < -0.39 is 5.82 Å². The molecule has 0 atom stereocenters. The van der Waals surface area contributed by atoms with Crippen molar-refractivity contribution in [2.75, 3.05) is 39.1 Å². The Bertz CT molecular complexity index is 785. The lowest BCUT2D eigenvalue weighted by Crippen LogP contribution is -2.37. The van der Waals surface area contributed by atoms with E-state index in [0.717, 1.165) is 38.8 Å². The highest BCUT2D eigenvalue weighted by Crippen LogP contribution is 2.24. The number of nitrogens with one attached hydrogen (secondary N) is 1. The number of amides is 3. The molecule has 1 aromatic carbocycles. The molecule has 174 valence electrons. The average molecular weight is 436 g/mol. The van der Waals surface area contributed by atoms with E-state index in [0.29, 0.717) is 18.3 Å². The van der Waals surface area contributed by atoms with Gasteiger partial charge in [0.05, 0.1) is 12.3 Å². The van der Waals surface area contributed by atoms with Crippen molar-refractivity contribution in [1.82, 2.24) is 9.80 Å². The summed E-state index contributed by atoms with van der Waals surface area (Å²) in [5, 5.41) is 2.50. The smallest absolute Gasteiger partial charge is 0.321 e. The molecule has 31 heavy (non-hydrogen) atoms. The number of allylic oxidation sites excluding steroid dienone is 1. The second kappa shape index (κ2) is 11.2. The molecule has 0 unspecified atom stereocenters. The lowest BCUT2D eigenvalue weighted by Gasteiger charge is -2.31. The molecule has 0 saturated carbocycles. The molecule has 2 rings (SSSR count). The number of hydrogen-bond acceptors (Lipinski definition) is 3. The van der Waals surface area contributed by atoms with E-state index in [1.807, 2.05) is 11.0 Å². The maximum absolute atomic E-state index is 14.1. The maximum atomic E-state index is 14.1. The largest absolute Gasteiger partial charge is 0.493 e. The number of benzene rings is 1. The van der Waals surface area contributed by atoms with Gasteiger partial charge in [-0.25, -0.2) is 9.18 Å². The van der Waals surface area contributed by atoms with Crippen molar-refractivity contribution in [3.63, 3.8) is 0 Å². The minimum atomic E-state index is -0.523. The fraction of sp³-hybridized carbons (Fsp3) is 0.583. The molecule has 1 heterocycles. The van der Waals surface area contributed by atoms with Gasteiger partial charge >= 0.3 is 6.03 Å². The lowest BCUT2D eigenvalue weighted by atomic mass is 9.92. The van der Waals surface area contributed by atoms with Gasteiger partial charge in [0.25, 0.3) is 0 Å². The molecular weight excluding hydrogens is 397 g/mol. The molecule has 0 radical (unpaired) electrons. The van der Waals surface area contributed by atoms with Gasteiger partial charge in [-0.2, -0.15) is 0 Å². The number of anilines is 1. The first-order chi connectivity index (χ1) is 14.5. The second-order valence-corrected chi connectivity index (χ2v) is 9.42. The van der Waals surface area contributed by atoms with E-state index in [1.165, 1.54) is 17.0 Å². The first-order valence-corrected chi connectivity index (χ1v) is 10.9. The van der Waals surface area contributed by atoms with E-state index in [1.54, 1.807) is 26.2 Å². The van der Waals surface area contributed by atoms with E-state index >= 15 is 0 Å². The minimum absolute atomic E-state index is 0. The van der Waals surface area contributed by atoms with Crippen LogP contribution in [0.15, 0.2) is 30.4 Å². The molecule has 1 fully saturated rings. The van der Waals surface area contributed by atoms with Gasteiger partial charge in [-0.3, -0.25) is 4.79 Å². The highest BCUT2D eigenvalue weighted by Gasteiger charge is 2.21. The summed E-state index contributed by atoms with van der Waals surface area (Å²) in [6.07, 6.45) is 7.57. The fourth-order valence-electron chi connectivity index (χ4n) is 3.34. The molecule has 1 saturated heterocycles. The molecule has 0 aliphatic carbocycles. The number of hydrogen-bond donors (Lipinski definition) is 1. The van der Waals surface area contributed by atoms with Gasteiger partial charge in [-0.05, 0) is 55.2 Å². The average Bonchev–Trinajstić information content (AvgIpc) is 2.71. The molecule has 7 heteroatoms. The summed E-state index contributed by atoms with van der Waals surface area (Å²) in [5.74, 6) is 0.611. The number of carbonyl (C=O) groups is 2. The fourth-order valence-corrected chi connectivity index (χ4v) is 3.34. The van der Waals surface area contributed by atoms with Crippen LogP contribution in [-0.4, -0.2) is 55.5 Å². The zero-order chi connectivity index (χ0) is 23.0. The van der Waals surface area contributed by atoms with Gasteiger partial charge in [0.2, 0.25) is 5.91 Å². The summed E-state index contributed by atoms with van der Waals surface area (Å²) in [4.78, 5) is 27.2. The second-order valence-electron chi connectivity index (χ2n) is 9.42. The molecule has 0 aromatic heterocycles. The van der Waals surface area contributed by atoms with Crippen LogP contribution in [0, 0.1) is 17.2 Å². The van der Waals surface area contributed by atoms with Crippen molar-refractivity contribution in [2.24, 2.45) is 11.3 Å². The quantitative estimate of drug-likeness (QED) is 0.475. The number of urea groups is 1. The Morgan fingerprint density at radius 3 is 2.55 bits per heavy atom. The summed E-state index contributed by atoms with van der Waals surface area (Å²) in [6, 6.07) is 4.07. The van der Waals surface area contributed by atoms with Crippen LogP contribution in [0.3, 0.4) is 0 Å². The molecule has 1 aliphatic heterocycles. The monoisotopic (exact) mass is 435 g/mol. The Hall–Kier alpha value is -2.57. The number of likely N-dealkylation sites (tertiary alicyclic amines) is 1. The van der Waals surface area contributed by atoms with Gasteiger partial charge in [0.1, 0.15) is 11.6 Å². The zero-order valence-corrected chi connectivity index (χ0v) is 19.4. The first-order valence-electron chi connectivity index (χ1n) is 10.9.